The van der Waals surface area contributed by atoms with Crippen LogP contribution in [0.1, 0.15) is 25.5 Å². The second-order valence-electron chi connectivity index (χ2n) is 4.67. The average Bonchev–Trinajstić information content (AvgIpc) is 2.40. The molecule has 0 saturated carbocycles. The molecule has 0 fully saturated rings. The molecule has 1 N–H and O–H groups in total. The molecule has 2 rings (SSSR count). The Labute approximate surface area is 131 Å². The van der Waals surface area contributed by atoms with Gasteiger partial charge in [-0.2, -0.15) is 0 Å². The lowest BCUT2D eigenvalue weighted by Gasteiger charge is -2.17. The van der Waals surface area contributed by atoms with Crippen LogP contribution in [0.4, 0.5) is 8.78 Å². The second-order valence-corrected chi connectivity index (χ2v) is 5.58. The molecule has 0 amide bonds. The van der Waals surface area contributed by atoms with Crippen LogP contribution < -0.4 is 10.1 Å². The predicted molar refractivity (Wildman–Crippen MR) is 82.7 cm³/mol. The number of halogens is 3. The highest BCUT2D eigenvalue weighted by Gasteiger charge is 2.13. The van der Waals surface area contributed by atoms with Crippen LogP contribution >= 0.6 is 15.9 Å². The van der Waals surface area contributed by atoms with Crippen molar-refractivity contribution < 1.29 is 13.5 Å². The van der Waals surface area contributed by atoms with E-state index in [1.165, 1.54) is 24.3 Å². The van der Waals surface area contributed by atoms with E-state index in [0.717, 1.165) is 6.54 Å². The third kappa shape index (κ3) is 4.25. The lowest BCUT2D eigenvalue weighted by atomic mass is 10.1. The molecule has 2 aromatic carbocycles. The highest BCUT2D eigenvalue weighted by Crippen LogP contribution is 2.32. The van der Waals surface area contributed by atoms with E-state index in [4.69, 9.17) is 4.74 Å². The molecule has 0 saturated heterocycles. The zero-order valence-corrected chi connectivity index (χ0v) is 13.4. The number of ether oxygens (including phenoxy) is 1. The van der Waals surface area contributed by atoms with Crippen molar-refractivity contribution in [1.82, 2.24) is 5.32 Å². The molecule has 0 aliphatic rings. The average molecular weight is 356 g/mol. The maximum absolute atomic E-state index is 13.5. The van der Waals surface area contributed by atoms with E-state index in [2.05, 4.69) is 21.2 Å². The topological polar surface area (TPSA) is 21.3 Å². The quantitative estimate of drug-likeness (QED) is 0.796. The van der Waals surface area contributed by atoms with Crippen LogP contribution in [0.2, 0.25) is 0 Å². The molecule has 0 aliphatic heterocycles. The summed E-state index contributed by atoms with van der Waals surface area (Å²) in [5.41, 5.74) is 0.692. The summed E-state index contributed by atoms with van der Waals surface area (Å²) in [7, 11) is 0. The number of hydrogen-bond acceptors (Lipinski definition) is 2. The molecule has 2 nitrogen and oxygen atoms in total. The van der Waals surface area contributed by atoms with Crippen molar-refractivity contribution in [3.8, 4) is 11.5 Å². The van der Waals surface area contributed by atoms with Gasteiger partial charge in [0.15, 0.2) is 0 Å². The van der Waals surface area contributed by atoms with Crippen LogP contribution in [0.15, 0.2) is 40.9 Å². The Hall–Kier alpha value is -1.46. The monoisotopic (exact) mass is 355 g/mol. The van der Waals surface area contributed by atoms with Crippen molar-refractivity contribution in [2.45, 2.75) is 19.9 Å². The molecular formula is C16H16BrF2NO. The van der Waals surface area contributed by atoms with Gasteiger partial charge < -0.3 is 10.1 Å². The van der Waals surface area contributed by atoms with E-state index >= 15 is 0 Å². The molecule has 0 radical (unpaired) electrons. The molecule has 1 atom stereocenters. The standard InChI is InChI=1S/C16H16BrF2NO/c1-3-20-10(2)15-9-12(18)4-5-16(15)21-14-7-11(17)6-13(19)8-14/h4-10,20H,3H2,1-2H3. The smallest absolute Gasteiger partial charge is 0.132 e. The summed E-state index contributed by atoms with van der Waals surface area (Å²) < 4.78 is 33.2. The van der Waals surface area contributed by atoms with Crippen LogP contribution in [0.25, 0.3) is 0 Å². The second kappa shape index (κ2) is 7.00. The SMILES string of the molecule is CCNC(C)c1cc(F)ccc1Oc1cc(F)cc(Br)c1. The molecule has 21 heavy (non-hydrogen) atoms. The molecule has 0 bridgehead atoms. The van der Waals surface area contributed by atoms with Crippen molar-refractivity contribution in [2.75, 3.05) is 6.54 Å². The summed E-state index contributed by atoms with van der Waals surface area (Å²) in [6, 6.07) is 8.53. The van der Waals surface area contributed by atoms with E-state index in [0.29, 0.717) is 21.5 Å². The Balaban J connectivity index is 2.34. The summed E-state index contributed by atoms with van der Waals surface area (Å²) in [6.07, 6.45) is 0. The van der Waals surface area contributed by atoms with Crippen LogP contribution in [-0.4, -0.2) is 6.54 Å². The number of nitrogens with one attached hydrogen (secondary N) is 1. The largest absolute Gasteiger partial charge is 0.457 e. The fourth-order valence-corrected chi connectivity index (χ4v) is 2.53. The molecule has 112 valence electrons. The number of hydrogen-bond donors (Lipinski definition) is 1. The Morgan fingerprint density at radius 2 is 1.90 bits per heavy atom. The van der Waals surface area contributed by atoms with Gasteiger partial charge in [-0.05, 0) is 43.8 Å². The summed E-state index contributed by atoms with van der Waals surface area (Å²) in [4.78, 5) is 0. The Bertz CT molecular complexity index is 613. The molecule has 5 heteroatoms. The van der Waals surface area contributed by atoms with Gasteiger partial charge in [-0.25, -0.2) is 8.78 Å². The first-order valence-corrected chi connectivity index (χ1v) is 7.45. The molecule has 1 unspecified atom stereocenters. The normalized spacial score (nSPS) is 12.2. The molecule has 0 heterocycles. The van der Waals surface area contributed by atoms with Gasteiger partial charge in [0.25, 0.3) is 0 Å². The fourth-order valence-electron chi connectivity index (χ4n) is 2.08. The van der Waals surface area contributed by atoms with Crippen LogP contribution in [0, 0.1) is 11.6 Å². The maximum Gasteiger partial charge on any atom is 0.132 e. The van der Waals surface area contributed by atoms with Gasteiger partial charge in [0.05, 0.1) is 0 Å². The zero-order valence-electron chi connectivity index (χ0n) is 11.8. The van der Waals surface area contributed by atoms with Gasteiger partial charge in [0, 0.05) is 22.1 Å². The van der Waals surface area contributed by atoms with E-state index in [9.17, 15) is 8.78 Å². The fraction of sp³-hybridized carbons (Fsp3) is 0.250. The van der Waals surface area contributed by atoms with Crippen molar-refractivity contribution in [3.63, 3.8) is 0 Å². The summed E-state index contributed by atoms with van der Waals surface area (Å²) in [5, 5.41) is 3.21. The van der Waals surface area contributed by atoms with E-state index < -0.39 is 5.82 Å². The predicted octanol–water partition coefficient (Wildman–Crippen LogP) is 5.19. The summed E-state index contributed by atoms with van der Waals surface area (Å²) in [5.74, 6) is 0.131. The highest BCUT2D eigenvalue weighted by molar-refractivity contribution is 9.10. The van der Waals surface area contributed by atoms with Gasteiger partial charge in [0.2, 0.25) is 0 Å². The van der Waals surface area contributed by atoms with E-state index in [1.807, 2.05) is 13.8 Å². The van der Waals surface area contributed by atoms with E-state index in [-0.39, 0.29) is 11.9 Å². The van der Waals surface area contributed by atoms with Crippen molar-refractivity contribution in [1.29, 1.82) is 0 Å². The minimum atomic E-state index is -0.400. The molecule has 0 spiro atoms. The Kier molecular flexibility index (Phi) is 5.31. The van der Waals surface area contributed by atoms with Gasteiger partial charge in [-0.15, -0.1) is 0 Å². The lowest BCUT2D eigenvalue weighted by Crippen LogP contribution is -2.18. The Morgan fingerprint density at radius 3 is 2.57 bits per heavy atom. The summed E-state index contributed by atoms with van der Waals surface area (Å²) in [6.45, 7) is 4.65. The molecular weight excluding hydrogens is 340 g/mol. The minimum absolute atomic E-state index is 0.0716. The third-order valence-electron chi connectivity index (χ3n) is 3.01. The first-order chi connectivity index (χ1) is 9.99. The minimum Gasteiger partial charge on any atom is -0.457 e. The lowest BCUT2D eigenvalue weighted by molar-refractivity contribution is 0.455. The highest BCUT2D eigenvalue weighted by atomic mass is 79.9. The van der Waals surface area contributed by atoms with Gasteiger partial charge in [-0.1, -0.05) is 22.9 Å². The zero-order chi connectivity index (χ0) is 15.4. The molecule has 2 aromatic rings. The maximum atomic E-state index is 13.5. The first kappa shape index (κ1) is 15.9. The Morgan fingerprint density at radius 1 is 1.14 bits per heavy atom. The third-order valence-corrected chi connectivity index (χ3v) is 3.47. The van der Waals surface area contributed by atoms with Gasteiger partial charge >= 0.3 is 0 Å². The van der Waals surface area contributed by atoms with Crippen LogP contribution in [0.5, 0.6) is 11.5 Å². The molecule has 0 aromatic heterocycles. The van der Waals surface area contributed by atoms with Gasteiger partial charge in [-0.3, -0.25) is 0 Å². The van der Waals surface area contributed by atoms with Crippen LogP contribution in [-0.2, 0) is 0 Å². The number of benzene rings is 2. The molecule has 0 aliphatic carbocycles. The van der Waals surface area contributed by atoms with Crippen molar-refractivity contribution in [2.24, 2.45) is 0 Å². The first-order valence-electron chi connectivity index (χ1n) is 6.66. The summed E-state index contributed by atoms with van der Waals surface area (Å²) >= 11 is 3.22. The van der Waals surface area contributed by atoms with Crippen molar-refractivity contribution >= 4 is 15.9 Å². The van der Waals surface area contributed by atoms with E-state index in [1.54, 1.807) is 12.1 Å². The number of rotatable bonds is 5. The van der Waals surface area contributed by atoms with Crippen molar-refractivity contribution in [3.05, 3.63) is 58.1 Å². The van der Waals surface area contributed by atoms with Crippen LogP contribution in [0.3, 0.4) is 0 Å². The van der Waals surface area contributed by atoms with Gasteiger partial charge in [0.1, 0.15) is 23.1 Å².